The molecule has 2 aliphatic heterocycles. The van der Waals surface area contributed by atoms with Gasteiger partial charge in [0, 0.05) is 63.3 Å². The lowest BCUT2D eigenvalue weighted by Gasteiger charge is -2.36. The van der Waals surface area contributed by atoms with Gasteiger partial charge in [-0.1, -0.05) is 0 Å². The zero-order valence-corrected chi connectivity index (χ0v) is 17.7. The van der Waals surface area contributed by atoms with Gasteiger partial charge in [-0.05, 0) is 57.5 Å². The van der Waals surface area contributed by atoms with Crippen molar-refractivity contribution in [1.82, 2.24) is 14.8 Å². The number of anilines is 2. The van der Waals surface area contributed by atoms with Crippen molar-refractivity contribution in [3.63, 3.8) is 0 Å². The Balaban J connectivity index is 1.40. The van der Waals surface area contributed by atoms with E-state index in [4.69, 9.17) is 0 Å². The second kappa shape index (κ2) is 9.09. The lowest BCUT2D eigenvalue weighted by molar-refractivity contribution is -0.116. The van der Waals surface area contributed by atoms with Gasteiger partial charge in [-0.2, -0.15) is 0 Å². The number of carbonyl (C=O) groups excluding carboxylic acids is 1. The SMILES string of the molecule is CC(CCC(=O)Nc1ccc(N2CCCC2)c2ncccc12)N1CCN(C)CC1. The first-order valence-electron chi connectivity index (χ1n) is 11.0. The Morgan fingerprint density at radius 1 is 1.10 bits per heavy atom. The molecule has 0 saturated carbocycles. The Morgan fingerprint density at radius 2 is 1.86 bits per heavy atom. The summed E-state index contributed by atoms with van der Waals surface area (Å²) in [4.78, 5) is 24.6. The van der Waals surface area contributed by atoms with E-state index in [-0.39, 0.29) is 5.91 Å². The minimum atomic E-state index is 0.0880. The van der Waals surface area contributed by atoms with Gasteiger partial charge in [-0.3, -0.25) is 14.7 Å². The molecule has 1 atom stereocenters. The number of amides is 1. The van der Waals surface area contributed by atoms with E-state index < -0.39 is 0 Å². The van der Waals surface area contributed by atoms with Gasteiger partial charge < -0.3 is 15.1 Å². The molecule has 0 spiro atoms. The van der Waals surface area contributed by atoms with E-state index in [1.54, 1.807) is 0 Å². The summed E-state index contributed by atoms with van der Waals surface area (Å²) in [6, 6.07) is 8.60. The molecule has 1 aromatic carbocycles. The van der Waals surface area contributed by atoms with E-state index in [1.165, 1.54) is 18.5 Å². The molecule has 2 fully saturated rings. The van der Waals surface area contributed by atoms with Gasteiger partial charge in [-0.15, -0.1) is 0 Å². The van der Waals surface area contributed by atoms with Gasteiger partial charge in [0.1, 0.15) is 0 Å². The van der Waals surface area contributed by atoms with Crippen LogP contribution in [0.1, 0.15) is 32.6 Å². The van der Waals surface area contributed by atoms with Crippen LogP contribution in [0.2, 0.25) is 0 Å². The highest BCUT2D eigenvalue weighted by molar-refractivity contribution is 6.05. The third kappa shape index (κ3) is 4.70. The molecule has 156 valence electrons. The topological polar surface area (TPSA) is 51.7 Å². The number of nitrogens with one attached hydrogen (secondary N) is 1. The Kier molecular flexibility index (Phi) is 6.31. The van der Waals surface area contributed by atoms with Crippen molar-refractivity contribution in [2.24, 2.45) is 0 Å². The number of pyridine rings is 1. The Bertz CT molecular complexity index is 840. The lowest BCUT2D eigenvalue weighted by atomic mass is 10.1. The molecule has 2 aliphatic rings. The normalized spacial score (nSPS) is 19.6. The van der Waals surface area contributed by atoms with Crippen molar-refractivity contribution in [3.8, 4) is 0 Å². The fourth-order valence-electron chi connectivity index (χ4n) is 4.48. The molecule has 0 radical (unpaired) electrons. The summed E-state index contributed by atoms with van der Waals surface area (Å²) >= 11 is 0. The predicted molar refractivity (Wildman–Crippen MR) is 120 cm³/mol. The summed E-state index contributed by atoms with van der Waals surface area (Å²) in [7, 11) is 2.17. The number of piperazine rings is 1. The highest BCUT2D eigenvalue weighted by Crippen LogP contribution is 2.32. The smallest absolute Gasteiger partial charge is 0.224 e. The van der Waals surface area contributed by atoms with Crippen LogP contribution in [0.15, 0.2) is 30.5 Å². The highest BCUT2D eigenvalue weighted by Gasteiger charge is 2.20. The van der Waals surface area contributed by atoms with E-state index in [0.717, 1.165) is 62.3 Å². The average molecular weight is 396 g/mol. The standard InChI is InChI=1S/C23H33N5O/c1-18(27-16-14-26(2)15-17-27)7-10-22(29)25-20-8-9-21(28-12-3-4-13-28)23-19(20)6-5-11-24-23/h5-6,8-9,11,18H,3-4,7,10,12-17H2,1-2H3,(H,25,29). The maximum Gasteiger partial charge on any atom is 0.224 e. The molecule has 1 unspecified atom stereocenters. The van der Waals surface area contributed by atoms with Crippen LogP contribution in [0.3, 0.4) is 0 Å². The molecule has 0 bridgehead atoms. The van der Waals surface area contributed by atoms with Crippen LogP contribution >= 0.6 is 0 Å². The van der Waals surface area contributed by atoms with Crippen LogP contribution in [0.5, 0.6) is 0 Å². The van der Waals surface area contributed by atoms with Gasteiger partial charge in [-0.25, -0.2) is 0 Å². The number of rotatable bonds is 6. The summed E-state index contributed by atoms with van der Waals surface area (Å²) < 4.78 is 0. The van der Waals surface area contributed by atoms with E-state index in [0.29, 0.717) is 12.5 Å². The second-order valence-corrected chi connectivity index (χ2v) is 8.50. The van der Waals surface area contributed by atoms with Crippen LogP contribution in [0.25, 0.3) is 10.9 Å². The molecular formula is C23H33N5O. The van der Waals surface area contributed by atoms with Crippen molar-refractivity contribution >= 4 is 28.2 Å². The quantitative estimate of drug-likeness (QED) is 0.814. The van der Waals surface area contributed by atoms with Crippen LogP contribution in [0.4, 0.5) is 11.4 Å². The summed E-state index contributed by atoms with van der Waals surface area (Å²) in [5, 5.41) is 4.17. The largest absolute Gasteiger partial charge is 0.370 e. The van der Waals surface area contributed by atoms with Crippen molar-refractivity contribution in [2.75, 3.05) is 56.5 Å². The lowest BCUT2D eigenvalue weighted by Crippen LogP contribution is -2.48. The van der Waals surface area contributed by atoms with Crippen LogP contribution in [-0.4, -0.2) is 73.0 Å². The molecule has 1 aromatic heterocycles. The Hall–Kier alpha value is -2.18. The van der Waals surface area contributed by atoms with Crippen molar-refractivity contribution in [2.45, 2.75) is 38.6 Å². The van der Waals surface area contributed by atoms with Gasteiger partial charge >= 0.3 is 0 Å². The van der Waals surface area contributed by atoms with E-state index >= 15 is 0 Å². The molecule has 2 aromatic rings. The summed E-state index contributed by atoms with van der Waals surface area (Å²) in [5.41, 5.74) is 3.03. The van der Waals surface area contributed by atoms with Crippen molar-refractivity contribution in [3.05, 3.63) is 30.5 Å². The third-order valence-electron chi connectivity index (χ3n) is 6.42. The average Bonchev–Trinajstić information content (AvgIpc) is 3.27. The van der Waals surface area contributed by atoms with Crippen molar-refractivity contribution in [1.29, 1.82) is 0 Å². The number of carbonyl (C=O) groups is 1. The molecule has 4 rings (SSSR count). The number of fused-ring (bicyclic) bond motifs is 1. The number of hydrogen-bond acceptors (Lipinski definition) is 5. The molecule has 29 heavy (non-hydrogen) atoms. The van der Waals surface area contributed by atoms with E-state index in [2.05, 4.69) is 51.1 Å². The maximum absolute atomic E-state index is 12.7. The fourth-order valence-corrected chi connectivity index (χ4v) is 4.48. The molecule has 2 saturated heterocycles. The summed E-state index contributed by atoms with van der Waals surface area (Å²) in [5.74, 6) is 0.0880. The van der Waals surface area contributed by atoms with Crippen molar-refractivity contribution < 1.29 is 4.79 Å². The number of nitrogens with zero attached hydrogens (tertiary/aromatic N) is 4. The number of likely N-dealkylation sites (N-methyl/N-ethyl adjacent to an activating group) is 1. The molecule has 6 nitrogen and oxygen atoms in total. The number of hydrogen-bond donors (Lipinski definition) is 1. The first-order chi connectivity index (χ1) is 14.1. The molecule has 1 N–H and O–H groups in total. The van der Waals surface area contributed by atoms with Crippen LogP contribution < -0.4 is 10.2 Å². The van der Waals surface area contributed by atoms with Crippen LogP contribution in [-0.2, 0) is 4.79 Å². The van der Waals surface area contributed by atoms with Gasteiger partial charge in [0.05, 0.1) is 16.9 Å². The first kappa shape index (κ1) is 20.1. The first-order valence-corrected chi connectivity index (χ1v) is 11.0. The summed E-state index contributed by atoms with van der Waals surface area (Å²) in [6.07, 6.45) is 5.74. The Labute approximate surface area is 173 Å². The molecule has 1 amide bonds. The molecular weight excluding hydrogens is 362 g/mol. The minimum Gasteiger partial charge on any atom is -0.370 e. The zero-order chi connectivity index (χ0) is 20.2. The van der Waals surface area contributed by atoms with Gasteiger partial charge in [0.25, 0.3) is 0 Å². The maximum atomic E-state index is 12.7. The fraction of sp³-hybridized carbons (Fsp3) is 0.565. The zero-order valence-electron chi connectivity index (χ0n) is 17.7. The van der Waals surface area contributed by atoms with E-state index in [9.17, 15) is 4.79 Å². The highest BCUT2D eigenvalue weighted by atomic mass is 16.1. The van der Waals surface area contributed by atoms with Gasteiger partial charge in [0.15, 0.2) is 0 Å². The molecule has 0 aliphatic carbocycles. The number of aromatic nitrogens is 1. The van der Waals surface area contributed by atoms with Gasteiger partial charge in [0.2, 0.25) is 5.91 Å². The summed E-state index contributed by atoms with van der Waals surface area (Å²) in [6.45, 7) is 8.81. The minimum absolute atomic E-state index is 0.0880. The third-order valence-corrected chi connectivity index (χ3v) is 6.42. The Morgan fingerprint density at radius 3 is 2.62 bits per heavy atom. The monoisotopic (exact) mass is 395 g/mol. The van der Waals surface area contributed by atoms with Crippen LogP contribution in [0, 0.1) is 0 Å². The number of benzene rings is 1. The predicted octanol–water partition coefficient (Wildman–Crippen LogP) is 3.19. The second-order valence-electron chi connectivity index (χ2n) is 8.50. The van der Waals surface area contributed by atoms with E-state index in [1.807, 2.05) is 18.3 Å². The molecule has 3 heterocycles. The molecule has 6 heteroatoms.